The molecule has 2 rings (SSSR count). The van der Waals surface area contributed by atoms with Crippen LogP contribution in [0.3, 0.4) is 0 Å². The van der Waals surface area contributed by atoms with Gasteiger partial charge in [0, 0.05) is 27.6 Å². The summed E-state index contributed by atoms with van der Waals surface area (Å²) in [7, 11) is 0. The zero-order valence-electron chi connectivity index (χ0n) is 9.85. The molecule has 1 N–H and O–H groups in total. The van der Waals surface area contributed by atoms with Crippen molar-refractivity contribution in [1.29, 1.82) is 0 Å². The van der Waals surface area contributed by atoms with Gasteiger partial charge < -0.3 is 5.32 Å². The normalized spacial score (nSPS) is 14.5. The first-order chi connectivity index (χ1) is 8.18. The predicted molar refractivity (Wildman–Crippen MR) is 76.2 cm³/mol. The van der Waals surface area contributed by atoms with Crippen LogP contribution >= 0.6 is 27.3 Å². The molecule has 0 aliphatic heterocycles. The highest BCUT2D eigenvalue weighted by Crippen LogP contribution is 2.30. The van der Waals surface area contributed by atoms with E-state index in [2.05, 4.69) is 51.5 Å². The van der Waals surface area contributed by atoms with E-state index in [1.807, 2.05) is 24.4 Å². The minimum Gasteiger partial charge on any atom is -0.301 e. The third kappa shape index (κ3) is 3.15. The maximum absolute atomic E-state index is 4.36. The molecule has 2 nitrogen and oxygen atoms in total. The van der Waals surface area contributed by atoms with E-state index in [0.717, 1.165) is 5.69 Å². The molecule has 0 amide bonds. The van der Waals surface area contributed by atoms with Gasteiger partial charge >= 0.3 is 0 Å². The summed E-state index contributed by atoms with van der Waals surface area (Å²) in [5.74, 6) is 0. The van der Waals surface area contributed by atoms with Gasteiger partial charge in [-0.2, -0.15) is 0 Å². The number of hydrogen-bond donors (Lipinski definition) is 1. The summed E-state index contributed by atoms with van der Waals surface area (Å²) in [6.45, 7) is 4.32. The van der Waals surface area contributed by atoms with Gasteiger partial charge in [-0.05, 0) is 53.4 Å². The molecule has 2 unspecified atom stereocenters. The van der Waals surface area contributed by atoms with Gasteiger partial charge in [-0.1, -0.05) is 6.07 Å². The van der Waals surface area contributed by atoms with Crippen molar-refractivity contribution in [3.8, 4) is 0 Å². The number of aromatic nitrogens is 1. The van der Waals surface area contributed by atoms with Crippen LogP contribution in [0, 0.1) is 0 Å². The zero-order valence-corrected chi connectivity index (χ0v) is 12.3. The van der Waals surface area contributed by atoms with Crippen molar-refractivity contribution < 1.29 is 0 Å². The Morgan fingerprint density at radius 2 is 2.06 bits per heavy atom. The van der Waals surface area contributed by atoms with Crippen molar-refractivity contribution in [3.63, 3.8) is 0 Å². The quantitative estimate of drug-likeness (QED) is 0.909. The van der Waals surface area contributed by atoms with Crippen LogP contribution in [0.2, 0.25) is 0 Å². The maximum Gasteiger partial charge on any atom is 0.0570 e. The molecule has 0 aliphatic carbocycles. The molecule has 2 aromatic heterocycles. The molecule has 0 aromatic carbocycles. The molecule has 17 heavy (non-hydrogen) atoms. The topological polar surface area (TPSA) is 24.9 Å². The van der Waals surface area contributed by atoms with E-state index < -0.39 is 0 Å². The van der Waals surface area contributed by atoms with Gasteiger partial charge in [-0.25, -0.2) is 0 Å². The molecule has 2 aromatic rings. The summed E-state index contributed by atoms with van der Waals surface area (Å²) >= 11 is 5.33. The van der Waals surface area contributed by atoms with Crippen LogP contribution < -0.4 is 5.32 Å². The molecule has 0 fully saturated rings. The van der Waals surface area contributed by atoms with Crippen molar-refractivity contribution in [2.24, 2.45) is 0 Å². The second-order valence-corrected chi connectivity index (χ2v) is 5.80. The molecule has 0 radical (unpaired) electrons. The fourth-order valence-corrected chi connectivity index (χ4v) is 3.52. The summed E-state index contributed by atoms with van der Waals surface area (Å²) in [6.07, 6.45) is 1.83. The van der Waals surface area contributed by atoms with Crippen LogP contribution in [0.15, 0.2) is 40.3 Å². The van der Waals surface area contributed by atoms with E-state index in [9.17, 15) is 0 Å². The molecular weight excluding hydrogens is 296 g/mol. The molecule has 4 heteroatoms. The summed E-state index contributed by atoms with van der Waals surface area (Å²) in [4.78, 5) is 5.69. The minimum atomic E-state index is 0.250. The maximum atomic E-state index is 4.36. The van der Waals surface area contributed by atoms with Crippen molar-refractivity contribution in [2.45, 2.75) is 25.9 Å². The molecule has 0 spiro atoms. The minimum absolute atomic E-state index is 0.250. The average molecular weight is 311 g/mol. The number of pyridine rings is 1. The van der Waals surface area contributed by atoms with E-state index in [1.165, 1.54) is 9.35 Å². The fourth-order valence-electron chi connectivity index (χ4n) is 1.78. The Morgan fingerprint density at radius 3 is 2.65 bits per heavy atom. The summed E-state index contributed by atoms with van der Waals surface area (Å²) in [5.41, 5.74) is 1.08. The Labute approximate surface area is 114 Å². The number of hydrogen-bond acceptors (Lipinski definition) is 3. The Kier molecular flexibility index (Phi) is 4.31. The Hall–Kier alpha value is -0.710. The van der Waals surface area contributed by atoms with Crippen LogP contribution in [-0.2, 0) is 0 Å². The van der Waals surface area contributed by atoms with E-state index in [4.69, 9.17) is 0 Å². The van der Waals surface area contributed by atoms with E-state index in [1.54, 1.807) is 11.3 Å². The molecule has 2 atom stereocenters. The first-order valence-electron chi connectivity index (χ1n) is 5.58. The predicted octanol–water partition coefficient (Wildman–Crippen LogP) is 4.32. The number of nitrogens with zero attached hydrogens (tertiary/aromatic N) is 1. The smallest absolute Gasteiger partial charge is 0.0570 e. The van der Waals surface area contributed by atoms with Crippen LogP contribution in [0.25, 0.3) is 0 Å². The molecule has 0 saturated heterocycles. The average Bonchev–Trinajstić information content (AvgIpc) is 2.76. The van der Waals surface area contributed by atoms with Gasteiger partial charge in [0.2, 0.25) is 0 Å². The lowest BCUT2D eigenvalue weighted by atomic mass is 10.1. The summed E-state index contributed by atoms with van der Waals surface area (Å²) in [5, 5.41) is 5.66. The zero-order chi connectivity index (χ0) is 12.3. The number of thiophene rings is 1. The van der Waals surface area contributed by atoms with Gasteiger partial charge in [0.15, 0.2) is 0 Å². The number of nitrogens with one attached hydrogen (secondary N) is 1. The summed E-state index contributed by atoms with van der Waals surface area (Å²) in [6, 6.07) is 8.67. The first kappa shape index (κ1) is 12.7. The molecule has 90 valence electrons. The lowest BCUT2D eigenvalue weighted by Crippen LogP contribution is -2.22. The Balaban J connectivity index is 2.05. The summed E-state index contributed by atoms with van der Waals surface area (Å²) < 4.78 is 1.18. The van der Waals surface area contributed by atoms with Crippen LogP contribution in [0.1, 0.15) is 36.5 Å². The molecule has 0 bridgehead atoms. The number of halogens is 1. The molecular formula is C13H15BrN2S. The highest BCUT2D eigenvalue weighted by atomic mass is 79.9. The standard InChI is InChI=1S/C13H15BrN2S/c1-9(12-5-3-4-7-15-12)16-10(2)13-11(14)6-8-17-13/h3-10,16H,1-2H3. The van der Waals surface area contributed by atoms with Crippen molar-refractivity contribution in [1.82, 2.24) is 10.3 Å². The highest BCUT2D eigenvalue weighted by Gasteiger charge is 2.14. The van der Waals surface area contributed by atoms with Crippen LogP contribution in [0.5, 0.6) is 0 Å². The monoisotopic (exact) mass is 310 g/mol. The Morgan fingerprint density at radius 1 is 1.24 bits per heavy atom. The van der Waals surface area contributed by atoms with E-state index in [-0.39, 0.29) is 6.04 Å². The SMILES string of the molecule is CC(NC(C)c1sccc1Br)c1ccccn1. The molecule has 0 saturated carbocycles. The Bertz CT molecular complexity index is 469. The van der Waals surface area contributed by atoms with Gasteiger partial charge in [-0.3, -0.25) is 4.98 Å². The van der Waals surface area contributed by atoms with Crippen molar-refractivity contribution >= 4 is 27.3 Å². The van der Waals surface area contributed by atoms with E-state index >= 15 is 0 Å². The lowest BCUT2D eigenvalue weighted by Gasteiger charge is -2.19. The van der Waals surface area contributed by atoms with Crippen LogP contribution in [0.4, 0.5) is 0 Å². The van der Waals surface area contributed by atoms with Gasteiger partial charge in [-0.15, -0.1) is 11.3 Å². The largest absolute Gasteiger partial charge is 0.301 e. The second-order valence-electron chi connectivity index (χ2n) is 4.00. The molecule has 0 aliphatic rings. The lowest BCUT2D eigenvalue weighted by molar-refractivity contribution is 0.490. The third-order valence-electron chi connectivity index (χ3n) is 2.67. The van der Waals surface area contributed by atoms with Crippen LogP contribution in [-0.4, -0.2) is 4.98 Å². The fraction of sp³-hybridized carbons (Fsp3) is 0.308. The van der Waals surface area contributed by atoms with Crippen molar-refractivity contribution in [2.75, 3.05) is 0 Å². The van der Waals surface area contributed by atoms with Gasteiger partial charge in [0.05, 0.1) is 5.69 Å². The van der Waals surface area contributed by atoms with Crippen molar-refractivity contribution in [3.05, 3.63) is 50.9 Å². The van der Waals surface area contributed by atoms with E-state index in [0.29, 0.717) is 6.04 Å². The van der Waals surface area contributed by atoms with Gasteiger partial charge in [0.1, 0.15) is 0 Å². The first-order valence-corrected chi connectivity index (χ1v) is 7.25. The highest BCUT2D eigenvalue weighted by molar-refractivity contribution is 9.10. The third-order valence-corrected chi connectivity index (χ3v) is 4.72. The van der Waals surface area contributed by atoms with Gasteiger partial charge in [0.25, 0.3) is 0 Å². The second kappa shape index (κ2) is 5.76. The number of rotatable bonds is 4. The molecule has 2 heterocycles.